The predicted octanol–water partition coefficient (Wildman–Crippen LogP) is -2.67. The van der Waals surface area contributed by atoms with Crippen molar-refractivity contribution in [2.75, 3.05) is 20.3 Å². The summed E-state index contributed by atoms with van der Waals surface area (Å²) in [6, 6.07) is 19.1. The van der Waals surface area contributed by atoms with E-state index in [0.29, 0.717) is 13.0 Å². The van der Waals surface area contributed by atoms with Gasteiger partial charge in [-0.3, -0.25) is 4.90 Å². The number of hydrogen-bond acceptors (Lipinski definition) is 6. The van der Waals surface area contributed by atoms with Crippen molar-refractivity contribution in [3.63, 3.8) is 0 Å². The van der Waals surface area contributed by atoms with Gasteiger partial charge in [-0.15, -0.1) is 0 Å². The number of carboxylic acid groups (broad SMARTS) is 1. The Morgan fingerprint density at radius 3 is 2.03 bits per heavy atom. The van der Waals surface area contributed by atoms with Crippen LogP contribution in [0.25, 0.3) is 0 Å². The van der Waals surface area contributed by atoms with Crippen LogP contribution in [0, 0.1) is 5.92 Å². The largest absolute Gasteiger partial charge is 1.00 e. The Bertz CT molecular complexity index is 855. The molecular formula is C25H35KN2O4Si. The second-order valence-corrected chi connectivity index (χ2v) is 14.1. The Labute approximate surface area is 241 Å². The van der Waals surface area contributed by atoms with Crippen molar-refractivity contribution < 1.29 is 70.8 Å². The predicted molar refractivity (Wildman–Crippen MR) is 127 cm³/mol. The number of rotatable bonds is 8. The third kappa shape index (κ3) is 5.88. The van der Waals surface area contributed by atoms with Gasteiger partial charge in [0.15, 0.2) is 0 Å². The van der Waals surface area contributed by atoms with Crippen molar-refractivity contribution in [2.24, 2.45) is 11.7 Å². The van der Waals surface area contributed by atoms with E-state index in [1.165, 1.54) is 10.4 Å². The summed E-state index contributed by atoms with van der Waals surface area (Å²) >= 11 is 0. The second-order valence-electron chi connectivity index (χ2n) is 9.81. The van der Waals surface area contributed by atoms with Crippen molar-refractivity contribution >= 4 is 24.7 Å². The molecule has 0 spiro atoms. The fourth-order valence-corrected chi connectivity index (χ4v) is 9.87. The average molecular weight is 495 g/mol. The van der Waals surface area contributed by atoms with Crippen LogP contribution < -0.4 is 72.6 Å². The number of carboxylic acids is 1. The maximum absolute atomic E-state index is 11.4. The van der Waals surface area contributed by atoms with E-state index < -0.39 is 26.4 Å². The van der Waals surface area contributed by atoms with E-state index in [0.717, 1.165) is 0 Å². The topological polar surface area (TPSA) is 98.8 Å². The van der Waals surface area contributed by atoms with Crippen LogP contribution in [0.3, 0.4) is 0 Å². The summed E-state index contributed by atoms with van der Waals surface area (Å²) in [4.78, 5) is 13.4. The number of nitrogens with two attached hydrogens (primary N) is 1. The molecule has 0 bridgehead atoms. The summed E-state index contributed by atoms with van der Waals surface area (Å²) in [5.74, 6) is -1.53. The van der Waals surface area contributed by atoms with Crippen LogP contribution in [-0.2, 0) is 9.22 Å². The smallest absolute Gasteiger partial charge is 0.548 e. The molecule has 4 atom stereocenters. The molecule has 8 heteroatoms. The van der Waals surface area contributed by atoms with Crippen LogP contribution in [0.2, 0.25) is 5.04 Å². The van der Waals surface area contributed by atoms with E-state index in [2.05, 4.69) is 45.0 Å². The number of nitrogens with zero attached hydrogens (tertiary/aromatic N) is 1. The van der Waals surface area contributed by atoms with E-state index in [1.54, 1.807) is 0 Å². The SMILES string of the molecule is CN1[C@H](CO[Si](c2ccccc2)(c2ccccc2)C(C)(C)C)C[C@H](CO)[C@@H]1[C@H](N)C(=O)[O-].[K+]. The zero-order chi connectivity index (χ0) is 23.5. The Balaban J connectivity index is 0.00000385. The summed E-state index contributed by atoms with van der Waals surface area (Å²) in [5, 5.41) is 23.6. The van der Waals surface area contributed by atoms with Gasteiger partial charge >= 0.3 is 51.4 Å². The van der Waals surface area contributed by atoms with E-state index in [1.807, 2.05) is 48.3 Å². The van der Waals surface area contributed by atoms with Crippen molar-refractivity contribution in [1.29, 1.82) is 0 Å². The average Bonchev–Trinajstić information content (AvgIpc) is 3.09. The van der Waals surface area contributed by atoms with Crippen molar-refractivity contribution in [3.05, 3.63) is 60.7 Å². The molecule has 0 aromatic heterocycles. The third-order valence-corrected chi connectivity index (χ3v) is 11.9. The number of carbonyl (C=O) groups excluding carboxylic acids is 1. The molecule has 1 aliphatic rings. The molecule has 0 unspecified atom stereocenters. The number of aliphatic carboxylic acids is 1. The monoisotopic (exact) mass is 494 g/mol. The number of aliphatic hydroxyl groups is 1. The second kappa shape index (κ2) is 12.0. The number of hydrogen-bond donors (Lipinski definition) is 2. The normalized spacial score (nSPS) is 22.5. The maximum Gasteiger partial charge on any atom is 1.00 e. The summed E-state index contributed by atoms with van der Waals surface area (Å²) in [6.07, 6.45) is 0.622. The minimum absolute atomic E-state index is 0. The molecule has 1 saturated heterocycles. The summed E-state index contributed by atoms with van der Waals surface area (Å²) in [6.45, 7) is 6.98. The molecule has 1 heterocycles. The molecule has 1 fully saturated rings. The van der Waals surface area contributed by atoms with Crippen LogP contribution in [0.1, 0.15) is 27.2 Å². The quantitative estimate of drug-likeness (QED) is 0.388. The molecule has 1 aliphatic heterocycles. The molecule has 0 aliphatic carbocycles. The number of carbonyl (C=O) groups is 1. The van der Waals surface area contributed by atoms with Crippen molar-refractivity contribution in [3.8, 4) is 0 Å². The minimum Gasteiger partial charge on any atom is -0.548 e. The number of aliphatic hydroxyl groups excluding tert-OH is 1. The number of likely N-dealkylation sites (tertiary alicyclic amines) is 1. The molecule has 6 nitrogen and oxygen atoms in total. The molecule has 0 saturated carbocycles. The van der Waals surface area contributed by atoms with Gasteiger partial charge in [0.2, 0.25) is 0 Å². The molecule has 3 rings (SSSR count). The molecule has 0 radical (unpaired) electrons. The minimum atomic E-state index is -2.70. The first-order chi connectivity index (χ1) is 15.1. The Morgan fingerprint density at radius 1 is 1.15 bits per heavy atom. The third-order valence-electron chi connectivity index (χ3n) is 6.89. The van der Waals surface area contributed by atoms with Gasteiger partial charge in [0, 0.05) is 24.6 Å². The van der Waals surface area contributed by atoms with Gasteiger partial charge in [-0.05, 0) is 28.9 Å². The molecule has 33 heavy (non-hydrogen) atoms. The van der Waals surface area contributed by atoms with Gasteiger partial charge < -0.3 is 25.2 Å². The van der Waals surface area contributed by atoms with Crippen LogP contribution >= 0.6 is 0 Å². The molecule has 0 amide bonds. The molecule has 174 valence electrons. The Morgan fingerprint density at radius 2 is 1.64 bits per heavy atom. The fraction of sp³-hybridized carbons (Fsp3) is 0.480. The Kier molecular flexibility index (Phi) is 10.5. The van der Waals surface area contributed by atoms with Gasteiger partial charge in [-0.1, -0.05) is 81.4 Å². The van der Waals surface area contributed by atoms with Gasteiger partial charge in [0.1, 0.15) is 0 Å². The first kappa shape index (κ1) is 28.8. The van der Waals surface area contributed by atoms with Gasteiger partial charge in [-0.2, -0.15) is 0 Å². The van der Waals surface area contributed by atoms with Crippen LogP contribution in [0.5, 0.6) is 0 Å². The molecule has 3 N–H and O–H groups in total. The van der Waals surface area contributed by atoms with Crippen molar-refractivity contribution in [2.45, 2.75) is 50.4 Å². The van der Waals surface area contributed by atoms with E-state index in [4.69, 9.17) is 10.2 Å². The zero-order valence-corrected chi connectivity index (χ0v) is 24.5. The summed E-state index contributed by atoms with van der Waals surface area (Å²) in [7, 11) is -0.835. The van der Waals surface area contributed by atoms with Gasteiger partial charge in [-0.25, -0.2) is 0 Å². The van der Waals surface area contributed by atoms with Crippen molar-refractivity contribution in [1.82, 2.24) is 4.90 Å². The maximum atomic E-state index is 11.4. The fourth-order valence-electron chi connectivity index (χ4n) is 5.27. The van der Waals surface area contributed by atoms with E-state index >= 15 is 0 Å². The van der Waals surface area contributed by atoms with Crippen LogP contribution in [0.4, 0.5) is 0 Å². The zero-order valence-electron chi connectivity index (χ0n) is 20.4. The first-order valence-corrected chi connectivity index (χ1v) is 13.1. The first-order valence-electron chi connectivity index (χ1n) is 11.2. The van der Waals surface area contributed by atoms with Gasteiger partial charge in [0.05, 0.1) is 18.6 Å². The molecule has 2 aromatic rings. The summed E-state index contributed by atoms with van der Waals surface area (Å²) < 4.78 is 7.01. The van der Waals surface area contributed by atoms with E-state index in [9.17, 15) is 15.0 Å². The molecular weight excluding hydrogens is 459 g/mol. The van der Waals surface area contributed by atoms with Gasteiger partial charge in [0.25, 0.3) is 8.32 Å². The van der Waals surface area contributed by atoms with E-state index in [-0.39, 0.29) is 75.0 Å². The van der Waals surface area contributed by atoms with Crippen LogP contribution in [-0.4, -0.2) is 62.7 Å². The standard InChI is InChI=1S/C25H36N2O4Si.K/c1-25(2,3)32(20-11-7-5-8-12-20,21-13-9-6-10-14-21)31-17-19-15-18(16-28)23(27(19)4)22(26)24(29)30;/h5-14,18-19,22-23,28H,15-17,26H2,1-4H3,(H,29,30);/q;+1/p-1/t18-,19+,22+,23-;/m1./s1. The molecule has 2 aromatic carbocycles. The van der Waals surface area contributed by atoms with Crippen LogP contribution in [0.15, 0.2) is 60.7 Å². The number of likely N-dealkylation sites (N-methyl/N-ethyl adjacent to an activating group) is 1. The Hall–Kier alpha value is -0.397. The number of benzene rings is 2. The summed E-state index contributed by atoms with van der Waals surface area (Å²) in [5.41, 5.74) is 5.93.